The molecule has 1 fully saturated rings. The van der Waals surface area contributed by atoms with E-state index < -0.39 is 0 Å². The number of carbonyl (C=O) groups is 1. The van der Waals surface area contributed by atoms with Crippen LogP contribution in [-0.4, -0.2) is 46.6 Å². The Morgan fingerprint density at radius 2 is 1.84 bits per heavy atom. The predicted octanol–water partition coefficient (Wildman–Crippen LogP) is 2.66. The van der Waals surface area contributed by atoms with Crippen LogP contribution in [0.1, 0.15) is 24.8 Å². The van der Waals surface area contributed by atoms with Crippen molar-refractivity contribution in [2.75, 3.05) is 19.6 Å². The molecule has 0 bridgehead atoms. The molecule has 2 amide bonds. The van der Waals surface area contributed by atoms with Crippen molar-refractivity contribution >= 4 is 6.03 Å². The first kappa shape index (κ1) is 17.2. The smallest absolute Gasteiger partial charge is 0.317 e. The third-order valence-electron chi connectivity index (χ3n) is 4.30. The number of hydrogen-bond donors (Lipinski definition) is 1. The highest BCUT2D eigenvalue weighted by atomic mass is 16.5. The van der Waals surface area contributed by atoms with E-state index >= 15 is 0 Å². The summed E-state index contributed by atoms with van der Waals surface area (Å²) >= 11 is 0. The maximum atomic E-state index is 12.2. The van der Waals surface area contributed by atoms with Crippen molar-refractivity contribution in [3.8, 4) is 6.01 Å². The van der Waals surface area contributed by atoms with Crippen molar-refractivity contribution in [2.24, 2.45) is 0 Å². The first-order chi connectivity index (χ1) is 12.3. The summed E-state index contributed by atoms with van der Waals surface area (Å²) in [4.78, 5) is 22.2. The van der Waals surface area contributed by atoms with Gasteiger partial charge >= 0.3 is 12.0 Å². The van der Waals surface area contributed by atoms with E-state index in [9.17, 15) is 4.79 Å². The van der Waals surface area contributed by atoms with Gasteiger partial charge in [0.2, 0.25) is 0 Å². The molecule has 1 aromatic carbocycles. The Balaban J connectivity index is 1.33. The zero-order valence-corrected chi connectivity index (χ0v) is 14.3. The van der Waals surface area contributed by atoms with E-state index in [1.165, 1.54) is 5.56 Å². The molecular formula is C19H24N4O2. The number of likely N-dealkylation sites (tertiary alicyclic amines) is 1. The number of ether oxygens (including phenoxy) is 1. The lowest BCUT2D eigenvalue weighted by molar-refractivity contribution is 0.103. The van der Waals surface area contributed by atoms with Crippen LogP contribution in [0.3, 0.4) is 0 Å². The fraction of sp³-hybridized carbons (Fsp3) is 0.421. The van der Waals surface area contributed by atoms with Crippen LogP contribution in [0.4, 0.5) is 4.79 Å². The first-order valence-electron chi connectivity index (χ1n) is 8.81. The first-order valence-corrected chi connectivity index (χ1v) is 8.81. The van der Waals surface area contributed by atoms with Crippen LogP contribution in [0, 0.1) is 0 Å². The molecule has 1 aliphatic rings. The summed E-state index contributed by atoms with van der Waals surface area (Å²) in [5, 5.41) is 3.01. The van der Waals surface area contributed by atoms with Crippen molar-refractivity contribution in [1.29, 1.82) is 0 Å². The normalized spacial score (nSPS) is 15.0. The monoisotopic (exact) mass is 340 g/mol. The highest BCUT2D eigenvalue weighted by Gasteiger charge is 2.24. The van der Waals surface area contributed by atoms with E-state index in [0.717, 1.165) is 25.7 Å². The van der Waals surface area contributed by atoms with E-state index in [0.29, 0.717) is 25.6 Å². The van der Waals surface area contributed by atoms with Crippen molar-refractivity contribution in [2.45, 2.75) is 31.8 Å². The minimum atomic E-state index is 0.0162. The van der Waals surface area contributed by atoms with Crippen LogP contribution >= 0.6 is 0 Å². The third kappa shape index (κ3) is 5.45. The molecule has 2 aromatic rings. The number of urea groups is 1. The molecule has 1 saturated heterocycles. The van der Waals surface area contributed by atoms with Crippen LogP contribution in [0.15, 0.2) is 48.8 Å². The number of nitrogens with zero attached hydrogens (tertiary/aromatic N) is 3. The summed E-state index contributed by atoms with van der Waals surface area (Å²) < 4.78 is 5.75. The van der Waals surface area contributed by atoms with Crippen molar-refractivity contribution in [3.05, 3.63) is 54.4 Å². The second-order valence-corrected chi connectivity index (χ2v) is 6.16. The molecular weight excluding hydrogens is 316 g/mol. The molecule has 6 nitrogen and oxygen atoms in total. The zero-order chi connectivity index (χ0) is 17.3. The molecule has 0 aliphatic carbocycles. The lowest BCUT2D eigenvalue weighted by atomic mass is 10.1. The van der Waals surface area contributed by atoms with Gasteiger partial charge in [-0.1, -0.05) is 30.3 Å². The number of aromatic nitrogens is 2. The quantitative estimate of drug-likeness (QED) is 0.821. The largest absolute Gasteiger partial charge is 0.460 e. The van der Waals surface area contributed by atoms with E-state index in [2.05, 4.69) is 27.4 Å². The molecule has 0 radical (unpaired) electrons. The number of carbonyl (C=O) groups excluding carboxylic acids is 1. The fourth-order valence-corrected chi connectivity index (χ4v) is 2.92. The Morgan fingerprint density at radius 3 is 2.56 bits per heavy atom. The minimum absolute atomic E-state index is 0.0162. The SMILES string of the molecule is O=C(NCCCc1ccccc1)N1CCC(Oc2ncccn2)CC1. The van der Waals surface area contributed by atoms with Gasteiger partial charge < -0.3 is 15.0 Å². The summed E-state index contributed by atoms with van der Waals surface area (Å²) in [5.74, 6) is 0. The van der Waals surface area contributed by atoms with Gasteiger partial charge in [0, 0.05) is 44.9 Å². The Kier molecular flexibility index (Phi) is 6.20. The van der Waals surface area contributed by atoms with E-state index in [-0.39, 0.29) is 12.1 Å². The van der Waals surface area contributed by atoms with E-state index in [1.54, 1.807) is 18.5 Å². The van der Waals surface area contributed by atoms with Crippen LogP contribution in [-0.2, 0) is 6.42 Å². The minimum Gasteiger partial charge on any atom is -0.460 e. The Morgan fingerprint density at radius 1 is 1.12 bits per heavy atom. The highest BCUT2D eigenvalue weighted by Crippen LogP contribution is 2.15. The second kappa shape index (κ2) is 9.01. The van der Waals surface area contributed by atoms with E-state index in [1.807, 2.05) is 23.1 Å². The van der Waals surface area contributed by atoms with Crippen LogP contribution in [0.5, 0.6) is 6.01 Å². The van der Waals surface area contributed by atoms with Crippen molar-refractivity contribution in [3.63, 3.8) is 0 Å². The number of rotatable bonds is 6. The summed E-state index contributed by atoms with van der Waals surface area (Å²) in [5.41, 5.74) is 1.30. The van der Waals surface area contributed by atoms with Gasteiger partial charge in [0.05, 0.1) is 0 Å². The Labute approximate surface area is 148 Å². The topological polar surface area (TPSA) is 67.4 Å². The molecule has 132 valence electrons. The average Bonchev–Trinajstić information content (AvgIpc) is 2.67. The zero-order valence-electron chi connectivity index (χ0n) is 14.3. The highest BCUT2D eigenvalue weighted by molar-refractivity contribution is 5.74. The molecule has 25 heavy (non-hydrogen) atoms. The van der Waals surface area contributed by atoms with Crippen LogP contribution in [0.25, 0.3) is 0 Å². The van der Waals surface area contributed by atoms with Gasteiger partial charge in [0.1, 0.15) is 6.10 Å². The molecule has 0 spiro atoms. The number of amides is 2. The van der Waals surface area contributed by atoms with Gasteiger partial charge in [0.15, 0.2) is 0 Å². The van der Waals surface area contributed by atoms with Gasteiger partial charge in [-0.3, -0.25) is 0 Å². The average molecular weight is 340 g/mol. The maximum Gasteiger partial charge on any atom is 0.317 e. The van der Waals surface area contributed by atoms with Crippen molar-refractivity contribution in [1.82, 2.24) is 20.2 Å². The number of hydrogen-bond acceptors (Lipinski definition) is 4. The summed E-state index contributed by atoms with van der Waals surface area (Å²) in [7, 11) is 0. The molecule has 1 aromatic heterocycles. The molecule has 0 unspecified atom stereocenters. The molecule has 6 heteroatoms. The third-order valence-corrected chi connectivity index (χ3v) is 4.30. The Bertz CT molecular complexity index is 643. The summed E-state index contributed by atoms with van der Waals surface area (Å²) in [6, 6.07) is 12.5. The van der Waals surface area contributed by atoms with Gasteiger partial charge in [-0.05, 0) is 24.5 Å². The number of benzene rings is 1. The van der Waals surface area contributed by atoms with Gasteiger partial charge in [-0.2, -0.15) is 0 Å². The lowest BCUT2D eigenvalue weighted by Crippen LogP contribution is -2.46. The lowest BCUT2D eigenvalue weighted by Gasteiger charge is -2.31. The van der Waals surface area contributed by atoms with E-state index in [4.69, 9.17) is 4.74 Å². The van der Waals surface area contributed by atoms with Crippen molar-refractivity contribution < 1.29 is 9.53 Å². The van der Waals surface area contributed by atoms with Gasteiger partial charge in [0.25, 0.3) is 0 Å². The summed E-state index contributed by atoms with van der Waals surface area (Å²) in [6.07, 6.45) is 6.94. The number of nitrogens with one attached hydrogen (secondary N) is 1. The standard InChI is InChI=1S/C19H24N4O2/c24-19(22-11-4-8-16-6-2-1-3-7-16)23-14-9-17(10-15-23)25-18-20-12-5-13-21-18/h1-3,5-7,12-13,17H,4,8-11,14-15H2,(H,22,24). The predicted molar refractivity (Wildman–Crippen MR) is 95.4 cm³/mol. The molecule has 0 saturated carbocycles. The fourth-order valence-electron chi connectivity index (χ4n) is 2.92. The summed E-state index contributed by atoms with van der Waals surface area (Å²) in [6.45, 7) is 2.09. The number of aryl methyl sites for hydroxylation is 1. The van der Waals surface area contributed by atoms with Crippen LogP contribution < -0.4 is 10.1 Å². The molecule has 2 heterocycles. The maximum absolute atomic E-state index is 12.2. The molecule has 3 rings (SSSR count). The molecule has 0 atom stereocenters. The van der Waals surface area contributed by atoms with Gasteiger partial charge in [-0.25, -0.2) is 14.8 Å². The second-order valence-electron chi connectivity index (χ2n) is 6.16. The number of piperidine rings is 1. The molecule has 1 aliphatic heterocycles. The van der Waals surface area contributed by atoms with Gasteiger partial charge in [-0.15, -0.1) is 0 Å². The van der Waals surface area contributed by atoms with Crippen LogP contribution in [0.2, 0.25) is 0 Å². The molecule has 1 N–H and O–H groups in total. The Hall–Kier alpha value is -2.63.